The Kier molecular flexibility index (Phi) is 8.13. The van der Waals surface area contributed by atoms with Crippen LogP contribution in [0.2, 0.25) is 0 Å². The molecule has 0 atom stereocenters. The number of furan rings is 1. The highest BCUT2D eigenvalue weighted by molar-refractivity contribution is 7.26. The third-order valence-electron chi connectivity index (χ3n) is 15.3. The summed E-state index contributed by atoms with van der Waals surface area (Å²) in [5.41, 5.74) is 16.0. The van der Waals surface area contributed by atoms with E-state index in [1.807, 2.05) is 11.3 Å². The minimum Gasteiger partial charge on any atom is -0.457 e. The van der Waals surface area contributed by atoms with Crippen molar-refractivity contribution in [1.29, 1.82) is 0 Å². The average molecular weight is 920 g/mol. The van der Waals surface area contributed by atoms with Gasteiger partial charge in [-0.25, -0.2) is 0 Å². The molecule has 5 heteroatoms. The van der Waals surface area contributed by atoms with E-state index in [1.54, 1.807) is 0 Å². The lowest BCUT2D eigenvalue weighted by atomic mass is 9.33. The summed E-state index contributed by atoms with van der Waals surface area (Å²) in [5, 5.41) is 12.1. The Labute approximate surface area is 413 Å². The minimum atomic E-state index is -0.0492. The Bertz CT molecular complexity index is 4590. The fourth-order valence-electron chi connectivity index (χ4n) is 12.3. The highest BCUT2D eigenvalue weighted by Gasteiger charge is 2.35. The zero-order valence-electron chi connectivity index (χ0n) is 38.2. The van der Waals surface area contributed by atoms with Crippen LogP contribution in [0.4, 0.5) is 17.1 Å². The van der Waals surface area contributed by atoms with Crippen molar-refractivity contribution >= 4 is 126 Å². The fraction of sp³-hybridized carbons (Fsp3) is 0. The highest BCUT2D eigenvalue weighted by Crippen LogP contribution is 2.53. The topological polar surface area (TPSA) is 25.6 Å². The molecule has 16 rings (SSSR count). The van der Waals surface area contributed by atoms with E-state index in [0.717, 1.165) is 72.6 Å². The lowest BCUT2D eigenvalue weighted by Gasteiger charge is -2.30. The first kappa shape index (κ1) is 39.0. The van der Waals surface area contributed by atoms with Gasteiger partial charge in [0.2, 0.25) is 6.71 Å². The Morgan fingerprint density at radius 1 is 0.366 bits per heavy atom. The molecular formula is C66H38BNO2S. The highest BCUT2D eigenvalue weighted by atomic mass is 32.1. The molecule has 14 aromatic rings. The van der Waals surface area contributed by atoms with Crippen LogP contribution in [0.15, 0.2) is 235 Å². The molecule has 0 fully saturated rings. The number of anilines is 3. The Hall–Kier alpha value is -8.90. The molecule has 0 aliphatic carbocycles. The van der Waals surface area contributed by atoms with Gasteiger partial charge in [0.25, 0.3) is 0 Å². The summed E-state index contributed by atoms with van der Waals surface area (Å²) >= 11 is 1.85. The van der Waals surface area contributed by atoms with E-state index in [2.05, 4.69) is 235 Å². The summed E-state index contributed by atoms with van der Waals surface area (Å²) in [6.07, 6.45) is 0. The summed E-state index contributed by atoms with van der Waals surface area (Å²) in [4.78, 5) is 2.44. The second kappa shape index (κ2) is 14.8. The maximum absolute atomic E-state index is 7.16. The minimum absolute atomic E-state index is 0.0492. The molecular weight excluding hydrogens is 882 g/mol. The molecule has 0 amide bonds. The van der Waals surface area contributed by atoms with E-state index in [-0.39, 0.29) is 6.71 Å². The third-order valence-corrected chi connectivity index (χ3v) is 16.5. The lowest BCUT2D eigenvalue weighted by molar-refractivity contribution is 0.487. The van der Waals surface area contributed by atoms with Gasteiger partial charge in [-0.1, -0.05) is 187 Å². The van der Waals surface area contributed by atoms with E-state index in [9.17, 15) is 0 Å². The Balaban J connectivity index is 0.927. The normalized spacial score (nSPS) is 12.6. The molecule has 0 radical (unpaired) electrons. The average Bonchev–Trinajstić information content (AvgIpc) is 4.01. The van der Waals surface area contributed by atoms with Gasteiger partial charge >= 0.3 is 0 Å². The number of hydrogen-bond donors (Lipinski definition) is 0. The molecule has 3 nitrogen and oxygen atoms in total. The van der Waals surface area contributed by atoms with Crippen molar-refractivity contribution in [2.75, 3.05) is 4.90 Å². The van der Waals surface area contributed by atoms with Crippen LogP contribution in [0.1, 0.15) is 0 Å². The first-order valence-electron chi connectivity index (χ1n) is 24.4. The molecule has 0 unspecified atom stereocenters. The zero-order valence-corrected chi connectivity index (χ0v) is 39.0. The van der Waals surface area contributed by atoms with E-state index in [1.165, 1.54) is 80.2 Å². The Morgan fingerprint density at radius 3 is 1.96 bits per heavy atom. The van der Waals surface area contributed by atoms with E-state index in [0.29, 0.717) is 0 Å². The number of thiophene rings is 1. The summed E-state index contributed by atoms with van der Waals surface area (Å²) < 4.78 is 16.5. The van der Waals surface area contributed by atoms with Crippen molar-refractivity contribution < 1.29 is 9.15 Å². The summed E-state index contributed by atoms with van der Waals surface area (Å²) in [6, 6.07) is 84.3. The van der Waals surface area contributed by atoms with Gasteiger partial charge in [0.15, 0.2) is 0 Å². The van der Waals surface area contributed by atoms with Crippen LogP contribution in [-0.4, -0.2) is 6.71 Å². The molecule has 12 aromatic carbocycles. The number of para-hydroxylation sites is 3. The van der Waals surface area contributed by atoms with Gasteiger partial charge in [-0.3, -0.25) is 0 Å². The van der Waals surface area contributed by atoms with Crippen LogP contribution >= 0.6 is 11.3 Å². The molecule has 0 saturated heterocycles. The number of hydrogen-bond acceptors (Lipinski definition) is 4. The van der Waals surface area contributed by atoms with Crippen LogP contribution in [-0.2, 0) is 0 Å². The molecule has 4 heterocycles. The van der Waals surface area contributed by atoms with Crippen molar-refractivity contribution in [3.05, 3.63) is 231 Å². The first-order chi connectivity index (χ1) is 35.2. The lowest BCUT2D eigenvalue weighted by Crippen LogP contribution is -2.54. The number of nitrogens with zero attached hydrogens (tertiary/aromatic N) is 1. The van der Waals surface area contributed by atoms with Crippen LogP contribution < -0.4 is 26.0 Å². The van der Waals surface area contributed by atoms with Crippen molar-refractivity contribution in [1.82, 2.24) is 0 Å². The second-order valence-electron chi connectivity index (χ2n) is 19.0. The van der Waals surface area contributed by atoms with Gasteiger partial charge in [-0.2, -0.15) is 0 Å². The largest absolute Gasteiger partial charge is 0.457 e. The molecule has 2 aliphatic rings. The van der Waals surface area contributed by atoms with Gasteiger partial charge in [0.05, 0.1) is 16.1 Å². The molecule has 2 aliphatic heterocycles. The smallest absolute Gasteiger partial charge is 0.247 e. The first-order valence-corrected chi connectivity index (χ1v) is 25.2. The van der Waals surface area contributed by atoms with Crippen molar-refractivity contribution in [3.8, 4) is 44.9 Å². The molecule has 71 heavy (non-hydrogen) atoms. The summed E-state index contributed by atoms with van der Waals surface area (Å²) in [7, 11) is 0. The van der Waals surface area contributed by atoms with Crippen molar-refractivity contribution in [3.63, 3.8) is 0 Å². The molecule has 0 spiro atoms. The number of benzene rings is 12. The van der Waals surface area contributed by atoms with Gasteiger partial charge < -0.3 is 14.1 Å². The quantitative estimate of drug-likeness (QED) is 0.127. The SMILES string of the molecule is c1ccc(-c2ccccc2N(c2ccc3c(c2)Oc2cccc4c2c-3cc2c3cccc5c3c(cc42)B(c2cccc3c2oc2ccccc23)c2ccccc2-5)c2cccc3c2sc2ccccc23)cc1. The van der Waals surface area contributed by atoms with Gasteiger partial charge in [0, 0.05) is 54.5 Å². The van der Waals surface area contributed by atoms with Crippen molar-refractivity contribution in [2.45, 2.75) is 0 Å². The molecule has 0 bridgehead atoms. The number of ether oxygens (including phenoxy) is 1. The standard InChI is InChI=1S/C66H38BNO2S/c1-2-16-39(17-3-1)41-18-5-9-29-57(41)68(58-30-14-26-50-45-21-7-11-33-62(45)71-66(50)58)40-34-35-44-53-37-51-47-23-12-22-46-42-19-4-8-27-54(42)67(55-28-13-25-49-43-20-6-10-31-59(43)70-65(49)55)56(63(46)47)38-52(51)48-24-15-32-60(64(48)53)69-61(44)36-40/h1-38H. The molecule has 328 valence electrons. The van der Waals surface area contributed by atoms with Crippen LogP contribution in [0.5, 0.6) is 11.5 Å². The molecule has 0 N–H and O–H groups in total. The van der Waals surface area contributed by atoms with Gasteiger partial charge in [0.1, 0.15) is 22.7 Å². The predicted octanol–water partition coefficient (Wildman–Crippen LogP) is 16.8. The monoisotopic (exact) mass is 919 g/mol. The maximum Gasteiger partial charge on any atom is 0.247 e. The zero-order chi connectivity index (χ0) is 46.3. The van der Waals surface area contributed by atoms with Crippen molar-refractivity contribution in [2.24, 2.45) is 0 Å². The second-order valence-corrected chi connectivity index (χ2v) is 20.0. The number of rotatable bonds is 5. The van der Waals surface area contributed by atoms with E-state index >= 15 is 0 Å². The van der Waals surface area contributed by atoms with Crippen LogP contribution in [0, 0.1) is 0 Å². The fourth-order valence-corrected chi connectivity index (χ4v) is 13.5. The summed E-state index contributed by atoms with van der Waals surface area (Å²) in [6.45, 7) is -0.0492. The molecule has 0 saturated carbocycles. The van der Waals surface area contributed by atoms with E-state index < -0.39 is 0 Å². The van der Waals surface area contributed by atoms with Crippen LogP contribution in [0.3, 0.4) is 0 Å². The van der Waals surface area contributed by atoms with Gasteiger partial charge in [-0.05, 0) is 103 Å². The number of fused-ring (bicyclic) bond motifs is 13. The Morgan fingerprint density at radius 2 is 1.03 bits per heavy atom. The maximum atomic E-state index is 7.16. The van der Waals surface area contributed by atoms with Gasteiger partial charge in [-0.15, -0.1) is 11.3 Å². The van der Waals surface area contributed by atoms with Crippen LogP contribution in [0.25, 0.3) is 108 Å². The predicted molar refractivity (Wildman–Crippen MR) is 301 cm³/mol. The van der Waals surface area contributed by atoms with E-state index in [4.69, 9.17) is 9.15 Å². The molecule has 2 aromatic heterocycles. The summed E-state index contributed by atoms with van der Waals surface area (Å²) in [5.74, 6) is 1.70. The third kappa shape index (κ3) is 5.55.